The summed E-state index contributed by atoms with van der Waals surface area (Å²) in [6, 6.07) is 9.34. The van der Waals surface area contributed by atoms with Crippen LogP contribution in [-0.2, 0) is 6.54 Å². The van der Waals surface area contributed by atoms with Crippen LogP contribution in [0.3, 0.4) is 0 Å². The van der Waals surface area contributed by atoms with Crippen LogP contribution in [0.5, 0.6) is 11.6 Å². The second kappa shape index (κ2) is 6.89. The third-order valence-electron chi connectivity index (χ3n) is 2.49. The number of hydrogen-bond donors (Lipinski definition) is 1. The van der Waals surface area contributed by atoms with E-state index in [0.717, 1.165) is 23.1 Å². The minimum atomic E-state index is 0.541. The van der Waals surface area contributed by atoms with E-state index >= 15 is 0 Å². The van der Waals surface area contributed by atoms with Crippen molar-refractivity contribution in [3.8, 4) is 11.6 Å². The minimum absolute atomic E-state index is 0.541. The second-order valence-corrected chi connectivity index (χ2v) is 5.28. The molecule has 19 heavy (non-hydrogen) atoms. The third kappa shape index (κ3) is 4.20. The summed E-state index contributed by atoms with van der Waals surface area (Å²) in [5.41, 5.74) is 1.13. The highest BCUT2D eigenvalue weighted by atomic mass is 79.9. The fourth-order valence-electron chi connectivity index (χ4n) is 1.56. The number of nitrogens with one attached hydrogen (secondary N) is 1. The maximum atomic E-state index is 6.11. The Morgan fingerprint density at radius 1 is 1.32 bits per heavy atom. The van der Waals surface area contributed by atoms with Crippen molar-refractivity contribution >= 4 is 27.5 Å². The molecule has 0 amide bonds. The molecule has 0 saturated heterocycles. The lowest BCUT2D eigenvalue weighted by atomic mass is 10.2. The smallest absolute Gasteiger partial charge is 0.219 e. The normalized spacial score (nSPS) is 10.5. The van der Waals surface area contributed by atoms with Gasteiger partial charge in [0.2, 0.25) is 5.88 Å². The molecule has 2 rings (SSSR count). The van der Waals surface area contributed by atoms with E-state index < -0.39 is 0 Å². The van der Waals surface area contributed by atoms with E-state index in [1.807, 2.05) is 24.3 Å². The minimum Gasteiger partial charge on any atom is -0.437 e. The fourth-order valence-corrected chi connectivity index (χ4v) is 2.27. The standard InChI is InChI=1S/C14H14BrClN2O/c1-2-17-9-10-5-6-18-14(7-10)19-13-4-3-11(15)8-12(13)16/h3-8,17H,2,9H2,1H3. The molecule has 1 N–H and O–H groups in total. The first-order valence-corrected chi connectivity index (χ1v) is 7.14. The topological polar surface area (TPSA) is 34.2 Å². The van der Waals surface area contributed by atoms with E-state index in [4.69, 9.17) is 16.3 Å². The molecule has 0 aliphatic heterocycles. The second-order valence-electron chi connectivity index (χ2n) is 3.96. The summed E-state index contributed by atoms with van der Waals surface area (Å²) in [6.07, 6.45) is 1.73. The van der Waals surface area contributed by atoms with Crippen molar-refractivity contribution in [3.05, 3.63) is 51.6 Å². The number of ether oxygens (including phenoxy) is 1. The van der Waals surface area contributed by atoms with Gasteiger partial charge >= 0.3 is 0 Å². The van der Waals surface area contributed by atoms with Gasteiger partial charge in [-0.2, -0.15) is 0 Å². The molecule has 0 saturated carbocycles. The van der Waals surface area contributed by atoms with Gasteiger partial charge in [0.15, 0.2) is 0 Å². The summed E-state index contributed by atoms with van der Waals surface area (Å²) in [5, 5.41) is 3.81. The largest absolute Gasteiger partial charge is 0.437 e. The number of aromatic nitrogens is 1. The van der Waals surface area contributed by atoms with E-state index in [9.17, 15) is 0 Å². The van der Waals surface area contributed by atoms with Gasteiger partial charge in [-0.1, -0.05) is 34.5 Å². The summed E-state index contributed by atoms with van der Waals surface area (Å²) >= 11 is 9.47. The molecule has 0 unspecified atom stereocenters. The van der Waals surface area contributed by atoms with E-state index in [1.54, 1.807) is 12.3 Å². The summed E-state index contributed by atoms with van der Waals surface area (Å²) in [4.78, 5) is 4.19. The van der Waals surface area contributed by atoms with Gasteiger partial charge in [-0.15, -0.1) is 0 Å². The van der Waals surface area contributed by atoms with Crippen LogP contribution in [0.2, 0.25) is 5.02 Å². The van der Waals surface area contributed by atoms with Crippen molar-refractivity contribution in [3.63, 3.8) is 0 Å². The Hall–Kier alpha value is -1.10. The Labute approximate surface area is 126 Å². The lowest BCUT2D eigenvalue weighted by Crippen LogP contribution is -2.11. The zero-order chi connectivity index (χ0) is 13.7. The van der Waals surface area contributed by atoms with Crippen molar-refractivity contribution in [1.29, 1.82) is 0 Å². The van der Waals surface area contributed by atoms with Crippen LogP contribution in [0.4, 0.5) is 0 Å². The van der Waals surface area contributed by atoms with Crippen LogP contribution in [0.15, 0.2) is 41.0 Å². The van der Waals surface area contributed by atoms with Crippen LogP contribution in [-0.4, -0.2) is 11.5 Å². The first-order chi connectivity index (χ1) is 9.19. The predicted octanol–water partition coefficient (Wildman–Crippen LogP) is 4.40. The monoisotopic (exact) mass is 340 g/mol. The molecule has 1 aromatic heterocycles. The van der Waals surface area contributed by atoms with Crippen LogP contribution < -0.4 is 10.1 Å². The zero-order valence-corrected chi connectivity index (χ0v) is 12.8. The average molecular weight is 342 g/mol. The Bertz CT molecular complexity index is 563. The molecule has 100 valence electrons. The Kier molecular flexibility index (Phi) is 5.19. The molecule has 0 aliphatic rings. The quantitative estimate of drug-likeness (QED) is 0.875. The molecule has 1 aromatic carbocycles. The molecule has 0 radical (unpaired) electrons. The Morgan fingerprint density at radius 3 is 2.89 bits per heavy atom. The maximum Gasteiger partial charge on any atom is 0.219 e. The summed E-state index contributed by atoms with van der Waals surface area (Å²) in [5.74, 6) is 1.14. The highest BCUT2D eigenvalue weighted by molar-refractivity contribution is 9.10. The van der Waals surface area contributed by atoms with Gasteiger partial charge in [0.25, 0.3) is 0 Å². The molecule has 5 heteroatoms. The van der Waals surface area contributed by atoms with Gasteiger partial charge < -0.3 is 10.1 Å². The highest BCUT2D eigenvalue weighted by Gasteiger charge is 2.05. The van der Waals surface area contributed by atoms with Gasteiger partial charge in [0.1, 0.15) is 5.75 Å². The van der Waals surface area contributed by atoms with Gasteiger partial charge in [-0.05, 0) is 36.4 Å². The van der Waals surface area contributed by atoms with Crippen LogP contribution >= 0.6 is 27.5 Å². The number of halogens is 2. The summed E-state index contributed by atoms with van der Waals surface area (Å²) in [7, 11) is 0. The van der Waals surface area contributed by atoms with Crippen molar-refractivity contribution in [1.82, 2.24) is 10.3 Å². The van der Waals surface area contributed by atoms with Gasteiger partial charge in [-0.3, -0.25) is 0 Å². The van der Waals surface area contributed by atoms with E-state index in [0.29, 0.717) is 16.7 Å². The van der Waals surface area contributed by atoms with Gasteiger partial charge in [0.05, 0.1) is 5.02 Å². The number of nitrogens with zero attached hydrogens (tertiary/aromatic N) is 1. The van der Waals surface area contributed by atoms with Crippen LogP contribution in [0.25, 0.3) is 0 Å². The van der Waals surface area contributed by atoms with Crippen LogP contribution in [0, 0.1) is 0 Å². The number of hydrogen-bond acceptors (Lipinski definition) is 3. The zero-order valence-electron chi connectivity index (χ0n) is 10.5. The van der Waals surface area contributed by atoms with Crippen molar-refractivity contribution < 1.29 is 4.74 Å². The van der Waals surface area contributed by atoms with Gasteiger partial charge in [-0.25, -0.2) is 4.98 Å². The third-order valence-corrected chi connectivity index (χ3v) is 3.28. The highest BCUT2D eigenvalue weighted by Crippen LogP contribution is 2.31. The molecule has 0 bridgehead atoms. The molecule has 3 nitrogen and oxygen atoms in total. The van der Waals surface area contributed by atoms with E-state index in [-0.39, 0.29) is 0 Å². The average Bonchev–Trinajstić information content (AvgIpc) is 2.40. The van der Waals surface area contributed by atoms with E-state index in [1.165, 1.54) is 0 Å². The van der Waals surface area contributed by atoms with Crippen LogP contribution in [0.1, 0.15) is 12.5 Å². The number of rotatable bonds is 5. The van der Waals surface area contributed by atoms with Crippen molar-refractivity contribution in [2.75, 3.05) is 6.54 Å². The maximum absolute atomic E-state index is 6.11. The molecule has 1 heterocycles. The summed E-state index contributed by atoms with van der Waals surface area (Å²) in [6.45, 7) is 3.79. The van der Waals surface area contributed by atoms with Crippen molar-refractivity contribution in [2.45, 2.75) is 13.5 Å². The lowest BCUT2D eigenvalue weighted by molar-refractivity contribution is 0.462. The first-order valence-electron chi connectivity index (χ1n) is 5.97. The lowest BCUT2D eigenvalue weighted by Gasteiger charge is -2.08. The SMILES string of the molecule is CCNCc1ccnc(Oc2ccc(Br)cc2Cl)c1. The Morgan fingerprint density at radius 2 is 2.16 bits per heavy atom. The van der Waals surface area contributed by atoms with Crippen molar-refractivity contribution in [2.24, 2.45) is 0 Å². The van der Waals surface area contributed by atoms with E-state index in [2.05, 4.69) is 33.2 Å². The molecule has 0 atom stereocenters. The molecule has 0 fully saturated rings. The fraction of sp³-hybridized carbons (Fsp3) is 0.214. The van der Waals surface area contributed by atoms with Gasteiger partial charge in [0, 0.05) is 23.3 Å². The number of pyridine rings is 1. The first kappa shape index (κ1) is 14.3. The molecule has 0 spiro atoms. The Balaban J connectivity index is 2.14. The molecule has 2 aromatic rings. The number of benzene rings is 1. The molecular formula is C14H14BrClN2O. The molecule has 0 aliphatic carbocycles. The molecular weight excluding hydrogens is 328 g/mol. The predicted molar refractivity (Wildman–Crippen MR) is 80.8 cm³/mol. The summed E-state index contributed by atoms with van der Waals surface area (Å²) < 4.78 is 6.61.